The molecule has 0 radical (unpaired) electrons. The van der Waals surface area contributed by atoms with Crippen LogP contribution in [0.25, 0.3) is 22.0 Å². The van der Waals surface area contributed by atoms with Gasteiger partial charge in [0.15, 0.2) is 12.4 Å². The summed E-state index contributed by atoms with van der Waals surface area (Å²) in [6, 6.07) is 23.1. The summed E-state index contributed by atoms with van der Waals surface area (Å²) in [5.41, 5.74) is 8.63. The van der Waals surface area contributed by atoms with Gasteiger partial charge < -0.3 is 15.1 Å². The van der Waals surface area contributed by atoms with Crippen LogP contribution in [0.1, 0.15) is 21.7 Å². The maximum atomic E-state index is 12.0. The van der Waals surface area contributed by atoms with Gasteiger partial charge in [-0.1, -0.05) is 77.0 Å². The highest BCUT2D eigenvalue weighted by atomic mass is 16.6. The quantitative estimate of drug-likeness (QED) is 0.378. The minimum absolute atomic E-state index is 0.163. The van der Waals surface area contributed by atoms with Crippen LogP contribution in [0.4, 0.5) is 0 Å². The summed E-state index contributed by atoms with van der Waals surface area (Å²) >= 11 is 0. The molecule has 1 amide bonds. The number of aromatic nitrogens is 1. The predicted octanol–water partition coefficient (Wildman–Crippen LogP) is 4.34. The van der Waals surface area contributed by atoms with Crippen molar-refractivity contribution in [3.8, 4) is 11.3 Å². The first-order valence-corrected chi connectivity index (χ1v) is 9.17. The largest absolute Gasteiger partial charge is 0.388 e. The first-order valence-electron chi connectivity index (χ1n) is 9.17. The fourth-order valence-electron chi connectivity index (χ4n) is 3.19. The van der Waals surface area contributed by atoms with Crippen LogP contribution in [0, 0.1) is 0 Å². The Labute approximate surface area is 167 Å². The molecule has 0 saturated heterocycles. The van der Waals surface area contributed by atoms with Gasteiger partial charge in [0.05, 0.1) is 5.56 Å². The lowest BCUT2D eigenvalue weighted by Gasteiger charge is -2.08. The van der Waals surface area contributed by atoms with Crippen LogP contribution in [0.2, 0.25) is 0 Å². The van der Waals surface area contributed by atoms with Crippen molar-refractivity contribution in [1.82, 2.24) is 5.16 Å². The maximum Gasteiger partial charge on any atom is 0.249 e. The summed E-state index contributed by atoms with van der Waals surface area (Å²) < 4.78 is 5.27. The van der Waals surface area contributed by atoms with E-state index in [1.807, 2.05) is 72.8 Å². The number of nitrogens with two attached hydrogens (primary N) is 1. The Morgan fingerprint density at radius 3 is 2.69 bits per heavy atom. The molecule has 3 aromatic carbocycles. The lowest BCUT2D eigenvalue weighted by Crippen LogP contribution is -2.14. The third-order valence-electron chi connectivity index (χ3n) is 4.56. The molecule has 6 heteroatoms. The summed E-state index contributed by atoms with van der Waals surface area (Å²) in [5.74, 6) is 0.116. The molecule has 4 aromatic rings. The summed E-state index contributed by atoms with van der Waals surface area (Å²) in [7, 11) is 0. The van der Waals surface area contributed by atoms with Gasteiger partial charge in [-0.2, -0.15) is 0 Å². The van der Waals surface area contributed by atoms with E-state index in [0.717, 1.165) is 27.6 Å². The van der Waals surface area contributed by atoms with Crippen molar-refractivity contribution in [2.24, 2.45) is 10.9 Å². The lowest BCUT2D eigenvalue weighted by molar-refractivity contribution is 0.100. The second-order valence-corrected chi connectivity index (χ2v) is 6.50. The van der Waals surface area contributed by atoms with Gasteiger partial charge in [-0.05, 0) is 16.3 Å². The van der Waals surface area contributed by atoms with E-state index in [2.05, 4.69) is 10.3 Å². The van der Waals surface area contributed by atoms with Crippen molar-refractivity contribution in [3.05, 3.63) is 89.7 Å². The lowest BCUT2D eigenvalue weighted by atomic mass is 9.97. The van der Waals surface area contributed by atoms with Crippen LogP contribution in [0.15, 0.2) is 82.5 Å². The van der Waals surface area contributed by atoms with Crippen LogP contribution in [-0.4, -0.2) is 17.3 Å². The first-order chi connectivity index (χ1) is 14.2. The SMILES string of the molecule is NC(=O)c1c(CC=NOCc2cc(-c3ccccc3)no2)ccc2ccccc12. The molecule has 0 saturated carbocycles. The number of rotatable bonds is 7. The standard InChI is InChI=1S/C23H19N3O3/c24-23(27)22-18(11-10-16-6-4-5-9-20(16)22)12-13-25-28-15-19-14-21(26-29-19)17-7-2-1-3-8-17/h1-11,13-14H,12,15H2,(H2,24,27). The van der Waals surface area contributed by atoms with Gasteiger partial charge in [0.2, 0.25) is 5.91 Å². The van der Waals surface area contributed by atoms with Gasteiger partial charge in [-0.15, -0.1) is 0 Å². The summed E-state index contributed by atoms with van der Waals surface area (Å²) in [5, 5.41) is 9.80. The average molecular weight is 385 g/mol. The normalized spacial score (nSPS) is 11.2. The monoisotopic (exact) mass is 385 g/mol. The molecule has 1 aromatic heterocycles. The Balaban J connectivity index is 1.40. The second kappa shape index (κ2) is 8.39. The van der Waals surface area contributed by atoms with E-state index in [0.29, 0.717) is 17.7 Å². The highest BCUT2D eigenvalue weighted by Gasteiger charge is 2.12. The molecule has 29 heavy (non-hydrogen) atoms. The molecule has 0 aliphatic heterocycles. The van der Waals surface area contributed by atoms with Crippen LogP contribution < -0.4 is 5.73 Å². The fourth-order valence-corrected chi connectivity index (χ4v) is 3.19. The number of carbonyl (C=O) groups is 1. The van der Waals surface area contributed by atoms with E-state index in [1.54, 1.807) is 6.21 Å². The smallest absolute Gasteiger partial charge is 0.249 e. The second-order valence-electron chi connectivity index (χ2n) is 6.50. The molecule has 0 aliphatic rings. The average Bonchev–Trinajstić information content (AvgIpc) is 3.22. The molecule has 0 atom stereocenters. The van der Waals surface area contributed by atoms with Crippen molar-refractivity contribution < 1.29 is 14.2 Å². The van der Waals surface area contributed by atoms with Gasteiger partial charge in [-0.25, -0.2) is 0 Å². The number of hydrogen-bond acceptors (Lipinski definition) is 5. The topological polar surface area (TPSA) is 90.7 Å². The molecule has 0 bridgehead atoms. The predicted molar refractivity (Wildman–Crippen MR) is 111 cm³/mol. The minimum Gasteiger partial charge on any atom is -0.388 e. The number of oxime groups is 1. The molecule has 0 aliphatic carbocycles. The Morgan fingerprint density at radius 1 is 1.07 bits per heavy atom. The summed E-state index contributed by atoms with van der Waals surface area (Å²) in [6.07, 6.45) is 2.03. The highest BCUT2D eigenvalue weighted by molar-refractivity contribution is 6.08. The van der Waals surface area contributed by atoms with Gasteiger partial charge in [-0.3, -0.25) is 4.79 Å². The molecule has 0 spiro atoms. The zero-order chi connectivity index (χ0) is 20.1. The number of benzene rings is 3. The number of fused-ring (bicyclic) bond motifs is 1. The van der Waals surface area contributed by atoms with E-state index in [9.17, 15) is 4.79 Å². The molecule has 6 nitrogen and oxygen atoms in total. The maximum absolute atomic E-state index is 12.0. The molecule has 2 N–H and O–H groups in total. The van der Waals surface area contributed by atoms with Crippen LogP contribution in [0.5, 0.6) is 0 Å². The molecular formula is C23H19N3O3. The number of hydrogen-bond donors (Lipinski definition) is 1. The van der Waals surface area contributed by atoms with Gasteiger partial charge in [0, 0.05) is 24.3 Å². The zero-order valence-electron chi connectivity index (χ0n) is 15.6. The molecule has 144 valence electrons. The Hall–Kier alpha value is -3.93. The van der Waals surface area contributed by atoms with E-state index in [-0.39, 0.29) is 6.61 Å². The van der Waals surface area contributed by atoms with E-state index >= 15 is 0 Å². The van der Waals surface area contributed by atoms with E-state index < -0.39 is 5.91 Å². The minimum atomic E-state index is -0.457. The molecule has 4 rings (SSSR count). The number of primary amides is 1. The van der Waals surface area contributed by atoms with Gasteiger partial charge in [0.25, 0.3) is 0 Å². The van der Waals surface area contributed by atoms with Crippen molar-refractivity contribution in [3.63, 3.8) is 0 Å². The van der Waals surface area contributed by atoms with Crippen molar-refractivity contribution in [1.29, 1.82) is 0 Å². The molecule has 1 heterocycles. The zero-order valence-corrected chi connectivity index (χ0v) is 15.6. The van der Waals surface area contributed by atoms with Crippen molar-refractivity contribution in [2.75, 3.05) is 0 Å². The van der Waals surface area contributed by atoms with E-state index in [4.69, 9.17) is 15.1 Å². The van der Waals surface area contributed by atoms with Gasteiger partial charge in [0.1, 0.15) is 5.69 Å². The van der Waals surface area contributed by atoms with Gasteiger partial charge >= 0.3 is 0 Å². The Morgan fingerprint density at radius 2 is 1.86 bits per heavy atom. The molecule has 0 fully saturated rings. The van der Waals surface area contributed by atoms with Crippen LogP contribution >= 0.6 is 0 Å². The van der Waals surface area contributed by atoms with Crippen LogP contribution in [0.3, 0.4) is 0 Å². The number of carbonyl (C=O) groups excluding carboxylic acids is 1. The summed E-state index contributed by atoms with van der Waals surface area (Å²) in [4.78, 5) is 17.3. The fraction of sp³-hybridized carbons (Fsp3) is 0.0870. The number of amides is 1. The van der Waals surface area contributed by atoms with Crippen molar-refractivity contribution in [2.45, 2.75) is 13.0 Å². The van der Waals surface area contributed by atoms with Crippen molar-refractivity contribution >= 4 is 22.9 Å². The van der Waals surface area contributed by atoms with Crippen LogP contribution in [-0.2, 0) is 17.9 Å². The molecular weight excluding hydrogens is 366 g/mol. The van der Waals surface area contributed by atoms with E-state index in [1.165, 1.54) is 0 Å². The summed E-state index contributed by atoms with van der Waals surface area (Å²) in [6.45, 7) is 0.163. The Kier molecular flexibility index (Phi) is 5.33. The molecule has 0 unspecified atom stereocenters. The third-order valence-corrected chi connectivity index (χ3v) is 4.56. The number of nitrogens with zero attached hydrogens (tertiary/aromatic N) is 2. The first kappa shape index (κ1) is 18.4. The Bertz CT molecular complexity index is 1170. The highest BCUT2D eigenvalue weighted by Crippen LogP contribution is 2.22. The third kappa shape index (κ3) is 4.16.